The molecule has 0 heterocycles. The van der Waals surface area contributed by atoms with Crippen molar-refractivity contribution in [2.45, 2.75) is 37.8 Å². The zero-order chi connectivity index (χ0) is 27.7. The minimum atomic E-state index is -4.19. The third kappa shape index (κ3) is 7.10. The molecule has 0 aliphatic carbocycles. The number of benzene rings is 3. The van der Waals surface area contributed by atoms with Gasteiger partial charge in [-0.1, -0.05) is 37.3 Å². The normalized spacial score (nSPS) is 11.9. The molecule has 8 nitrogen and oxygen atoms in total. The van der Waals surface area contributed by atoms with E-state index in [0.29, 0.717) is 12.3 Å². The first kappa shape index (κ1) is 28.6. The van der Waals surface area contributed by atoms with Crippen LogP contribution in [0.25, 0.3) is 0 Å². The number of methoxy groups -OCH3 is 1. The molecule has 1 N–H and O–H groups in total. The van der Waals surface area contributed by atoms with Crippen LogP contribution in [0.1, 0.15) is 25.8 Å². The molecule has 0 aliphatic rings. The highest BCUT2D eigenvalue weighted by Gasteiger charge is 2.32. The molecular formula is C28H32FN3O5S. The Morgan fingerprint density at radius 2 is 1.61 bits per heavy atom. The molecule has 0 saturated carbocycles. The van der Waals surface area contributed by atoms with Crippen LogP contribution in [0.15, 0.2) is 83.8 Å². The van der Waals surface area contributed by atoms with Crippen molar-refractivity contribution in [2.75, 3.05) is 24.5 Å². The molecule has 0 spiro atoms. The maximum Gasteiger partial charge on any atom is 0.264 e. The van der Waals surface area contributed by atoms with Crippen LogP contribution in [0.3, 0.4) is 0 Å². The quantitative estimate of drug-likeness (QED) is 0.374. The van der Waals surface area contributed by atoms with E-state index in [1.54, 1.807) is 56.5 Å². The second kappa shape index (κ2) is 13.0. The smallest absolute Gasteiger partial charge is 0.264 e. The number of carbonyl (C=O) groups is 2. The van der Waals surface area contributed by atoms with E-state index in [-0.39, 0.29) is 23.0 Å². The number of amides is 2. The van der Waals surface area contributed by atoms with Crippen LogP contribution in [0.5, 0.6) is 5.75 Å². The van der Waals surface area contributed by atoms with Crippen molar-refractivity contribution in [3.05, 3.63) is 90.2 Å². The largest absolute Gasteiger partial charge is 0.497 e. The number of anilines is 1. The van der Waals surface area contributed by atoms with E-state index < -0.39 is 34.3 Å². The molecule has 3 rings (SSSR count). The fourth-order valence-corrected chi connectivity index (χ4v) is 5.20. The van der Waals surface area contributed by atoms with Gasteiger partial charge < -0.3 is 15.0 Å². The molecule has 0 bridgehead atoms. The second-order valence-electron chi connectivity index (χ2n) is 8.64. The molecule has 202 valence electrons. The fourth-order valence-electron chi connectivity index (χ4n) is 3.76. The van der Waals surface area contributed by atoms with Gasteiger partial charge in [0.05, 0.1) is 17.7 Å². The van der Waals surface area contributed by atoms with E-state index in [4.69, 9.17) is 4.74 Å². The van der Waals surface area contributed by atoms with Crippen molar-refractivity contribution in [3.8, 4) is 5.75 Å². The highest BCUT2D eigenvalue weighted by atomic mass is 32.2. The Morgan fingerprint density at radius 3 is 2.18 bits per heavy atom. The molecule has 0 fully saturated rings. The number of sulfonamides is 1. The molecule has 2 amide bonds. The number of halogens is 1. The fraction of sp³-hybridized carbons (Fsp3) is 0.286. The molecule has 0 aliphatic heterocycles. The van der Waals surface area contributed by atoms with Gasteiger partial charge >= 0.3 is 0 Å². The molecule has 1 atom stereocenters. The van der Waals surface area contributed by atoms with Gasteiger partial charge in [-0.3, -0.25) is 13.9 Å². The molecule has 0 saturated heterocycles. The summed E-state index contributed by atoms with van der Waals surface area (Å²) in [7, 11) is -2.65. The summed E-state index contributed by atoms with van der Waals surface area (Å²) in [6.45, 7) is 3.43. The highest BCUT2D eigenvalue weighted by Crippen LogP contribution is 2.25. The third-order valence-electron chi connectivity index (χ3n) is 5.95. The van der Waals surface area contributed by atoms with Gasteiger partial charge in [0.15, 0.2) is 0 Å². The Morgan fingerprint density at radius 1 is 0.974 bits per heavy atom. The minimum absolute atomic E-state index is 0.0208. The first-order chi connectivity index (χ1) is 18.2. The number of nitrogens with one attached hydrogen (secondary N) is 1. The SMILES string of the molecule is CCCNC(=O)C(C)N(Cc1ccc(OC)cc1)C(=O)CN(c1ccc(F)cc1)S(=O)(=O)c1ccccc1. The summed E-state index contributed by atoms with van der Waals surface area (Å²) < 4.78 is 47.0. The van der Waals surface area contributed by atoms with Crippen molar-refractivity contribution < 1.29 is 27.1 Å². The van der Waals surface area contributed by atoms with Gasteiger partial charge in [0.1, 0.15) is 24.2 Å². The highest BCUT2D eigenvalue weighted by molar-refractivity contribution is 7.92. The molecule has 10 heteroatoms. The van der Waals surface area contributed by atoms with Gasteiger partial charge in [-0.2, -0.15) is 0 Å². The van der Waals surface area contributed by atoms with Gasteiger partial charge in [0.2, 0.25) is 11.8 Å². The van der Waals surface area contributed by atoms with Crippen molar-refractivity contribution in [3.63, 3.8) is 0 Å². The van der Waals surface area contributed by atoms with Crippen LogP contribution in [-0.4, -0.2) is 51.4 Å². The molecule has 0 radical (unpaired) electrons. The summed E-state index contributed by atoms with van der Waals surface area (Å²) in [5, 5.41) is 2.79. The summed E-state index contributed by atoms with van der Waals surface area (Å²) in [6.07, 6.45) is 0.721. The predicted octanol–water partition coefficient (Wildman–Crippen LogP) is 3.97. The Labute approximate surface area is 223 Å². The summed E-state index contributed by atoms with van der Waals surface area (Å²) in [4.78, 5) is 27.9. The first-order valence-corrected chi connectivity index (χ1v) is 13.6. The first-order valence-electron chi connectivity index (χ1n) is 12.2. The van der Waals surface area contributed by atoms with Crippen molar-refractivity contribution in [1.29, 1.82) is 0 Å². The molecule has 3 aromatic carbocycles. The van der Waals surface area contributed by atoms with Gasteiger partial charge in [-0.25, -0.2) is 12.8 Å². The molecule has 1 unspecified atom stereocenters. The third-order valence-corrected chi connectivity index (χ3v) is 7.74. The molecule has 38 heavy (non-hydrogen) atoms. The van der Waals surface area contributed by atoms with Gasteiger partial charge in [-0.15, -0.1) is 0 Å². The zero-order valence-corrected chi connectivity index (χ0v) is 22.4. The van der Waals surface area contributed by atoms with Gasteiger partial charge in [0.25, 0.3) is 10.0 Å². The molecule has 0 aromatic heterocycles. The van der Waals surface area contributed by atoms with Crippen molar-refractivity contribution in [2.24, 2.45) is 0 Å². The van der Waals surface area contributed by atoms with Crippen LogP contribution >= 0.6 is 0 Å². The van der Waals surface area contributed by atoms with E-state index >= 15 is 0 Å². The lowest BCUT2D eigenvalue weighted by atomic mass is 10.1. The number of hydrogen-bond donors (Lipinski definition) is 1. The number of carbonyl (C=O) groups excluding carboxylic acids is 2. The summed E-state index contributed by atoms with van der Waals surface area (Å²) in [5.74, 6) is -0.854. The average Bonchev–Trinajstić information content (AvgIpc) is 2.94. The maximum atomic E-state index is 13.8. The van der Waals surface area contributed by atoms with Crippen LogP contribution in [0, 0.1) is 5.82 Å². The van der Waals surface area contributed by atoms with E-state index in [9.17, 15) is 22.4 Å². The monoisotopic (exact) mass is 541 g/mol. The lowest BCUT2D eigenvalue weighted by Gasteiger charge is -2.32. The summed E-state index contributed by atoms with van der Waals surface area (Å²) in [5.41, 5.74) is 0.852. The predicted molar refractivity (Wildman–Crippen MR) is 144 cm³/mol. The maximum absolute atomic E-state index is 13.8. The van der Waals surface area contributed by atoms with Gasteiger partial charge in [0, 0.05) is 13.1 Å². The number of rotatable bonds is 12. The average molecular weight is 542 g/mol. The zero-order valence-electron chi connectivity index (χ0n) is 21.6. The second-order valence-corrected chi connectivity index (χ2v) is 10.5. The molecular weight excluding hydrogens is 509 g/mol. The van der Waals surface area contributed by atoms with E-state index in [0.717, 1.165) is 28.4 Å². The Balaban J connectivity index is 1.99. The lowest BCUT2D eigenvalue weighted by Crippen LogP contribution is -2.51. The number of nitrogens with zero attached hydrogens (tertiary/aromatic N) is 2. The van der Waals surface area contributed by atoms with Crippen LogP contribution in [0.2, 0.25) is 0 Å². The van der Waals surface area contributed by atoms with Crippen molar-refractivity contribution in [1.82, 2.24) is 10.2 Å². The van der Waals surface area contributed by atoms with Crippen LogP contribution in [0.4, 0.5) is 10.1 Å². The van der Waals surface area contributed by atoms with Gasteiger partial charge in [-0.05, 0) is 67.4 Å². The van der Waals surface area contributed by atoms with E-state index in [1.807, 2.05) is 6.92 Å². The Kier molecular flexibility index (Phi) is 9.84. The summed E-state index contributed by atoms with van der Waals surface area (Å²) in [6, 6.07) is 18.7. The Hall–Kier alpha value is -3.92. The van der Waals surface area contributed by atoms with Crippen LogP contribution in [-0.2, 0) is 26.2 Å². The number of hydrogen-bond acceptors (Lipinski definition) is 5. The standard InChI is InChI=1S/C28H32FN3O5S/c1-4-18-30-28(34)21(2)31(19-22-10-16-25(37-3)17-11-22)27(33)20-32(24-14-12-23(29)13-15-24)38(35,36)26-8-6-5-7-9-26/h5-17,21H,4,18-20H2,1-3H3,(H,30,34). The van der Waals surface area contributed by atoms with E-state index in [2.05, 4.69) is 5.32 Å². The molecule has 3 aromatic rings. The lowest BCUT2D eigenvalue weighted by molar-refractivity contribution is -0.139. The minimum Gasteiger partial charge on any atom is -0.497 e. The summed E-state index contributed by atoms with van der Waals surface area (Å²) >= 11 is 0. The van der Waals surface area contributed by atoms with E-state index in [1.165, 1.54) is 29.2 Å². The van der Waals surface area contributed by atoms with Crippen molar-refractivity contribution >= 4 is 27.5 Å². The number of ether oxygens (including phenoxy) is 1. The topological polar surface area (TPSA) is 96.0 Å². The Bertz CT molecular complexity index is 1320. The van der Waals surface area contributed by atoms with Crippen LogP contribution < -0.4 is 14.4 Å².